The van der Waals surface area contributed by atoms with Gasteiger partial charge < -0.3 is 20.6 Å². The van der Waals surface area contributed by atoms with Crippen LogP contribution >= 0.6 is 0 Å². The predicted octanol–water partition coefficient (Wildman–Crippen LogP) is 2.86. The summed E-state index contributed by atoms with van der Waals surface area (Å²) < 4.78 is 4.35. The molecule has 3 atom stereocenters. The zero-order valence-corrected chi connectivity index (χ0v) is 18.0. The van der Waals surface area contributed by atoms with Gasteiger partial charge >= 0.3 is 0 Å². The second-order valence-electron chi connectivity index (χ2n) is 9.77. The third-order valence-electron chi connectivity index (χ3n) is 8.28. The number of primary amides is 1. The van der Waals surface area contributed by atoms with E-state index < -0.39 is 17.4 Å². The molecule has 2 aliphatic heterocycles. The van der Waals surface area contributed by atoms with Gasteiger partial charge in [-0.15, -0.1) is 0 Å². The second-order valence-corrected chi connectivity index (χ2v) is 9.77. The van der Waals surface area contributed by atoms with Crippen molar-refractivity contribution in [3.05, 3.63) is 59.7 Å². The molecule has 1 fully saturated rings. The Morgan fingerprint density at radius 3 is 2.00 bits per heavy atom. The molecule has 5 aromatic rings. The van der Waals surface area contributed by atoms with Crippen LogP contribution < -0.4 is 16.8 Å². The Balaban J connectivity index is 1.76. The van der Waals surface area contributed by atoms with Crippen LogP contribution in [0.3, 0.4) is 0 Å². The molecular weight excluding hydrogens is 430 g/mol. The quantitative estimate of drug-likeness (QED) is 0.340. The molecule has 3 aliphatic rings. The predicted molar refractivity (Wildman–Crippen MR) is 128 cm³/mol. The number of amides is 3. The Hall–Kier alpha value is -4.17. The normalized spacial score (nSPS) is 25.1. The summed E-state index contributed by atoms with van der Waals surface area (Å²) in [5.41, 5.74) is 15.9. The summed E-state index contributed by atoms with van der Waals surface area (Å²) in [6.45, 7) is 0. The Bertz CT molecular complexity index is 1840. The van der Waals surface area contributed by atoms with Crippen LogP contribution in [0.15, 0.2) is 48.5 Å². The molecule has 0 spiro atoms. The van der Waals surface area contributed by atoms with E-state index in [1.807, 2.05) is 48.5 Å². The molecule has 2 aromatic heterocycles. The number of aromatic nitrogens is 2. The standard InChI is InChI=1S/C26H19N5O3/c27-25(34)26(28)10-11-9-16(26)31-15-8-4-2-6-13(15)18-20-19(23(32)29-24(20)33)17-12-5-1-3-7-14(12)30(11)21(17)22(18)31/h1-8,11,16H,9-10,28H2,(H2,27,34)(H,29,32,33)/t11?,16?,26-/m0/s1. The first-order valence-corrected chi connectivity index (χ1v) is 11.4. The van der Waals surface area contributed by atoms with Crippen LogP contribution in [0.2, 0.25) is 0 Å². The number of benzene rings is 3. The fraction of sp³-hybridized carbons (Fsp3) is 0.192. The van der Waals surface area contributed by atoms with Gasteiger partial charge in [-0.1, -0.05) is 36.4 Å². The van der Waals surface area contributed by atoms with E-state index in [9.17, 15) is 14.4 Å². The van der Waals surface area contributed by atoms with Gasteiger partial charge in [-0.2, -0.15) is 0 Å². The van der Waals surface area contributed by atoms with Gasteiger partial charge in [0.05, 0.1) is 28.2 Å². The van der Waals surface area contributed by atoms with E-state index in [0.717, 1.165) is 43.6 Å². The molecule has 166 valence electrons. The van der Waals surface area contributed by atoms with Crippen LogP contribution in [-0.2, 0) is 4.79 Å². The zero-order valence-electron chi connectivity index (χ0n) is 18.0. The molecule has 34 heavy (non-hydrogen) atoms. The molecule has 2 unspecified atom stereocenters. The molecule has 8 nitrogen and oxygen atoms in total. The number of imide groups is 1. The van der Waals surface area contributed by atoms with Crippen molar-refractivity contribution in [3.8, 4) is 0 Å². The van der Waals surface area contributed by atoms with Crippen molar-refractivity contribution < 1.29 is 14.4 Å². The van der Waals surface area contributed by atoms with Crippen LogP contribution in [-0.4, -0.2) is 32.4 Å². The van der Waals surface area contributed by atoms with Gasteiger partial charge in [0.25, 0.3) is 11.8 Å². The molecule has 5 N–H and O–H groups in total. The molecular formula is C26H19N5O3. The Kier molecular flexibility index (Phi) is 2.95. The average molecular weight is 449 g/mol. The van der Waals surface area contributed by atoms with Crippen molar-refractivity contribution in [1.29, 1.82) is 0 Å². The lowest BCUT2D eigenvalue weighted by atomic mass is 9.92. The minimum atomic E-state index is -1.24. The number of hydrogen-bond acceptors (Lipinski definition) is 4. The van der Waals surface area contributed by atoms with Crippen molar-refractivity contribution in [1.82, 2.24) is 14.5 Å². The number of nitrogens with two attached hydrogens (primary N) is 2. The second kappa shape index (κ2) is 5.48. The third-order valence-corrected chi connectivity index (χ3v) is 8.28. The van der Waals surface area contributed by atoms with Crippen molar-refractivity contribution >= 4 is 61.3 Å². The SMILES string of the molecule is NC(=O)[C@]1(N)CC2CC1n1c3ccccc3c3c4c(c5c6ccccc6n2c5c31)C(=O)NC4=O. The highest BCUT2D eigenvalue weighted by molar-refractivity contribution is 6.39. The Morgan fingerprint density at radius 1 is 0.882 bits per heavy atom. The smallest absolute Gasteiger partial charge is 0.259 e. The molecule has 8 heteroatoms. The minimum absolute atomic E-state index is 0.0787. The number of nitrogens with one attached hydrogen (secondary N) is 1. The van der Waals surface area contributed by atoms with Gasteiger partial charge in [0, 0.05) is 38.6 Å². The third kappa shape index (κ3) is 1.76. The van der Waals surface area contributed by atoms with E-state index in [2.05, 4.69) is 14.5 Å². The van der Waals surface area contributed by atoms with Crippen LogP contribution in [0, 0.1) is 0 Å². The fourth-order valence-corrected chi connectivity index (χ4v) is 7.01. The molecule has 8 rings (SSSR count). The number of rotatable bonds is 1. The van der Waals surface area contributed by atoms with Gasteiger partial charge in [0.2, 0.25) is 5.91 Å². The highest BCUT2D eigenvalue weighted by Crippen LogP contribution is 2.55. The van der Waals surface area contributed by atoms with E-state index in [0.29, 0.717) is 24.0 Å². The average Bonchev–Trinajstić information content (AvgIpc) is 3.49. The van der Waals surface area contributed by atoms with Crippen LogP contribution in [0.4, 0.5) is 0 Å². The molecule has 1 aliphatic carbocycles. The van der Waals surface area contributed by atoms with E-state index >= 15 is 0 Å². The first-order valence-electron chi connectivity index (χ1n) is 11.4. The topological polar surface area (TPSA) is 125 Å². The van der Waals surface area contributed by atoms with Crippen molar-refractivity contribution in [2.75, 3.05) is 0 Å². The molecule has 4 heterocycles. The molecule has 3 aromatic carbocycles. The monoisotopic (exact) mass is 449 g/mol. The molecule has 0 saturated heterocycles. The van der Waals surface area contributed by atoms with Crippen molar-refractivity contribution in [2.45, 2.75) is 30.5 Å². The first-order chi connectivity index (χ1) is 16.4. The highest BCUT2D eigenvalue weighted by atomic mass is 16.2. The maximum atomic E-state index is 13.2. The van der Waals surface area contributed by atoms with Crippen LogP contribution in [0.25, 0.3) is 43.6 Å². The lowest BCUT2D eigenvalue weighted by Crippen LogP contribution is -2.55. The summed E-state index contributed by atoms with van der Waals surface area (Å²) >= 11 is 0. The molecule has 3 amide bonds. The van der Waals surface area contributed by atoms with Gasteiger partial charge in [0.1, 0.15) is 5.54 Å². The minimum Gasteiger partial charge on any atom is -0.368 e. The van der Waals surface area contributed by atoms with E-state index in [4.69, 9.17) is 11.5 Å². The first kappa shape index (κ1) is 18.3. The van der Waals surface area contributed by atoms with E-state index in [1.165, 1.54) is 0 Å². The van der Waals surface area contributed by atoms with E-state index in [1.54, 1.807) is 0 Å². The summed E-state index contributed by atoms with van der Waals surface area (Å²) in [7, 11) is 0. The lowest BCUT2D eigenvalue weighted by molar-refractivity contribution is -0.124. The van der Waals surface area contributed by atoms with Gasteiger partial charge in [-0.25, -0.2) is 0 Å². The summed E-state index contributed by atoms with van der Waals surface area (Å²) in [6, 6.07) is 15.2. The number of para-hydroxylation sites is 2. The Labute approximate surface area is 192 Å². The van der Waals surface area contributed by atoms with Crippen molar-refractivity contribution in [3.63, 3.8) is 0 Å². The van der Waals surface area contributed by atoms with E-state index in [-0.39, 0.29) is 18.0 Å². The highest BCUT2D eigenvalue weighted by Gasteiger charge is 2.54. The fourth-order valence-electron chi connectivity index (χ4n) is 7.01. The molecule has 1 saturated carbocycles. The summed E-state index contributed by atoms with van der Waals surface area (Å²) in [5, 5.41) is 5.79. The van der Waals surface area contributed by atoms with Gasteiger partial charge in [0.15, 0.2) is 0 Å². The number of nitrogens with zero attached hydrogens (tertiary/aromatic N) is 2. The molecule has 0 radical (unpaired) electrons. The lowest BCUT2D eigenvalue weighted by Gasteiger charge is -2.31. The number of fused-ring (bicyclic) bond motifs is 13. The molecule has 2 bridgehead atoms. The number of carbonyl (C=O) groups is 3. The van der Waals surface area contributed by atoms with Crippen molar-refractivity contribution in [2.24, 2.45) is 11.5 Å². The maximum Gasteiger partial charge on any atom is 0.259 e. The summed E-state index contributed by atoms with van der Waals surface area (Å²) in [6.07, 6.45) is 1.02. The summed E-state index contributed by atoms with van der Waals surface area (Å²) in [5.74, 6) is -1.30. The number of carbonyl (C=O) groups excluding carboxylic acids is 3. The number of hydrogen-bond donors (Lipinski definition) is 3. The van der Waals surface area contributed by atoms with Crippen LogP contribution in [0.1, 0.15) is 45.6 Å². The van der Waals surface area contributed by atoms with Gasteiger partial charge in [-0.3, -0.25) is 19.7 Å². The van der Waals surface area contributed by atoms with Crippen LogP contribution in [0.5, 0.6) is 0 Å². The largest absolute Gasteiger partial charge is 0.368 e. The summed E-state index contributed by atoms with van der Waals surface area (Å²) in [4.78, 5) is 39.1. The Morgan fingerprint density at radius 2 is 1.41 bits per heavy atom. The zero-order chi connectivity index (χ0) is 23.1. The maximum absolute atomic E-state index is 13.2. The van der Waals surface area contributed by atoms with Gasteiger partial charge in [-0.05, 0) is 25.0 Å².